The molecule has 21 heavy (non-hydrogen) atoms. The summed E-state index contributed by atoms with van der Waals surface area (Å²) in [6.45, 7) is 3.64. The summed E-state index contributed by atoms with van der Waals surface area (Å²) in [6, 6.07) is -0.181. The van der Waals surface area contributed by atoms with Crippen molar-refractivity contribution < 1.29 is 22.4 Å². The Morgan fingerprint density at radius 3 is 2.48 bits per heavy atom. The van der Waals surface area contributed by atoms with Gasteiger partial charge in [-0.1, -0.05) is 0 Å². The second-order valence-electron chi connectivity index (χ2n) is 4.82. The van der Waals surface area contributed by atoms with Gasteiger partial charge in [-0.15, -0.1) is 12.4 Å². The van der Waals surface area contributed by atoms with E-state index in [2.05, 4.69) is 4.74 Å². The Hall–Kier alpha value is -1.09. The lowest BCUT2D eigenvalue weighted by molar-refractivity contribution is 0.0594. The quantitative estimate of drug-likeness (QED) is 0.819. The van der Waals surface area contributed by atoms with Gasteiger partial charge in [-0.2, -0.15) is 4.31 Å². The molecule has 1 atom stereocenters. The highest BCUT2D eigenvalue weighted by Crippen LogP contribution is 2.31. The third-order valence-electron chi connectivity index (χ3n) is 3.38. The van der Waals surface area contributed by atoms with Crippen molar-refractivity contribution in [2.75, 3.05) is 20.2 Å². The maximum atomic E-state index is 12.7. The molecule has 2 heterocycles. The van der Waals surface area contributed by atoms with Gasteiger partial charge in [0.15, 0.2) is 0 Å². The number of halogens is 1. The van der Waals surface area contributed by atoms with Crippen LogP contribution in [0.4, 0.5) is 0 Å². The lowest BCUT2D eigenvalue weighted by Crippen LogP contribution is -2.33. The summed E-state index contributed by atoms with van der Waals surface area (Å²) in [5.74, 6) is -0.304. The molecule has 2 N–H and O–H groups in total. The number of aryl methyl sites for hydroxylation is 2. The molecule has 120 valence electrons. The Morgan fingerprint density at radius 1 is 1.38 bits per heavy atom. The molecular formula is C12H19ClN2O5S. The lowest BCUT2D eigenvalue weighted by Gasteiger charge is -2.16. The van der Waals surface area contributed by atoms with Crippen molar-refractivity contribution in [3.8, 4) is 0 Å². The van der Waals surface area contributed by atoms with Crippen LogP contribution < -0.4 is 5.73 Å². The van der Waals surface area contributed by atoms with E-state index in [9.17, 15) is 13.2 Å². The van der Waals surface area contributed by atoms with Crippen LogP contribution in [0.2, 0.25) is 0 Å². The zero-order chi connectivity index (χ0) is 15.1. The van der Waals surface area contributed by atoms with Crippen LogP contribution in [0.3, 0.4) is 0 Å². The van der Waals surface area contributed by atoms with Gasteiger partial charge in [0.2, 0.25) is 10.0 Å². The molecule has 1 aromatic rings. The van der Waals surface area contributed by atoms with Crippen LogP contribution in [-0.2, 0) is 14.8 Å². The second kappa shape index (κ2) is 6.35. The van der Waals surface area contributed by atoms with E-state index in [1.165, 1.54) is 25.3 Å². The van der Waals surface area contributed by atoms with Crippen molar-refractivity contribution in [2.24, 2.45) is 5.73 Å². The molecule has 9 heteroatoms. The van der Waals surface area contributed by atoms with Gasteiger partial charge in [0.1, 0.15) is 22.0 Å². The fourth-order valence-electron chi connectivity index (χ4n) is 2.41. The molecule has 0 amide bonds. The molecule has 0 aromatic carbocycles. The minimum atomic E-state index is -3.81. The number of hydrogen-bond donors (Lipinski definition) is 1. The summed E-state index contributed by atoms with van der Waals surface area (Å²) in [4.78, 5) is 11.7. The van der Waals surface area contributed by atoms with E-state index in [0.29, 0.717) is 13.0 Å². The molecule has 2 rings (SSSR count). The first-order valence-electron chi connectivity index (χ1n) is 6.23. The number of methoxy groups -OCH3 is 1. The Kier molecular flexibility index (Phi) is 5.43. The molecule has 1 aliphatic rings. The van der Waals surface area contributed by atoms with Gasteiger partial charge in [-0.3, -0.25) is 0 Å². The molecule has 7 nitrogen and oxygen atoms in total. The van der Waals surface area contributed by atoms with Crippen molar-refractivity contribution in [3.05, 3.63) is 17.1 Å². The molecule has 0 spiro atoms. The first-order chi connectivity index (χ1) is 9.28. The molecule has 1 aliphatic heterocycles. The molecule has 0 aliphatic carbocycles. The Balaban J connectivity index is 0.00000220. The van der Waals surface area contributed by atoms with Crippen LogP contribution in [0, 0.1) is 13.8 Å². The number of esters is 1. The predicted octanol–water partition coefficient (Wildman–Crippen LogP) is 0.827. The first-order valence-corrected chi connectivity index (χ1v) is 7.67. The van der Waals surface area contributed by atoms with E-state index in [1.54, 1.807) is 0 Å². The van der Waals surface area contributed by atoms with E-state index in [0.717, 1.165) is 0 Å². The predicted molar refractivity (Wildman–Crippen MR) is 78.1 cm³/mol. The molecule has 1 saturated heterocycles. The summed E-state index contributed by atoms with van der Waals surface area (Å²) in [6.07, 6.45) is 0.600. The fourth-order valence-corrected chi connectivity index (χ4v) is 4.30. The van der Waals surface area contributed by atoms with Gasteiger partial charge in [-0.05, 0) is 20.3 Å². The summed E-state index contributed by atoms with van der Waals surface area (Å²) in [7, 11) is -2.61. The Morgan fingerprint density at radius 2 is 2.00 bits per heavy atom. The van der Waals surface area contributed by atoms with Gasteiger partial charge in [0.05, 0.1) is 7.11 Å². The van der Waals surface area contributed by atoms with Crippen LogP contribution in [-0.4, -0.2) is 44.9 Å². The zero-order valence-electron chi connectivity index (χ0n) is 12.1. The zero-order valence-corrected chi connectivity index (χ0v) is 13.7. The Bertz CT molecular complexity index is 640. The van der Waals surface area contributed by atoms with Crippen LogP contribution in [0.1, 0.15) is 28.3 Å². The number of nitrogens with two attached hydrogens (primary N) is 1. The fraction of sp³-hybridized carbons (Fsp3) is 0.583. The second-order valence-corrected chi connectivity index (χ2v) is 6.70. The minimum Gasteiger partial charge on any atom is -0.465 e. The largest absolute Gasteiger partial charge is 0.465 e. The van der Waals surface area contributed by atoms with E-state index >= 15 is 0 Å². The van der Waals surface area contributed by atoms with E-state index in [-0.39, 0.29) is 47.0 Å². The maximum absolute atomic E-state index is 12.7. The molecule has 1 aromatic heterocycles. The van der Waals surface area contributed by atoms with Crippen LogP contribution in [0.25, 0.3) is 0 Å². The van der Waals surface area contributed by atoms with Gasteiger partial charge >= 0.3 is 5.97 Å². The number of hydrogen-bond acceptors (Lipinski definition) is 6. The minimum absolute atomic E-state index is 0. The van der Waals surface area contributed by atoms with Crippen LogP contribution in [0.5, 0.6) is 0 Å². The average molecular weight is 339 g/mol. The van der Waals surface area contributed by atoms with Gasteiger partial charge in [0.25, 0.3) is 0 Å². The van der Waals surface area contributed by atoms with Crippen molar-refractivity contribution in [1.82, 2.24) is 4.31 Å². The summed E-state index contributed by atoms with van der Waals surface area (Å²) >= 11 is 0. The normalized spacial score (nSPS) is 19.3. The van der Waals surface area contributed by atoms with E-state index < -0.39 is 16.0 Å². The number of ether oxygens (including phenoxy) is 1. The lowest BCUT2D eigenvalue weighted by atomic mass is 10.2. The monoisotopic (exact) mass is 338 g/mol. The van der Waals surface area contributed by atoms with Crippen LogP contribution >= 0.6 is 12.4 Å². The van der Waals surface area contributed by atoms with Gasteiger partial charge < -0.3 is 14.9 Å². The number of sulfonamides is 1. The maximum Gasteiger partial charge on any atom is 0.342 e. The van der Waals surface area contributed by atoms with Crippen molar-refractivity contribution in [1.29, 1.82) is 0 Å². The third kappa shape index (κ3) is 3.08. The van der Waals surface area contributed by atoms with E-state index in [1.807, 2.05) is 0 Å². The topological polar surface area (TPSA) is 103 Å². The highest BCUT2D eigenvalue weighted by atomic mass is 35.5. The average Bonchev–Trinajstić information content (AvgIpc) is 2.92. The number of carbonyl (C=O) groups excluding carboxylic acids is 1. The van der Waals surface area contributed by atoms with Crippen molar-refractivity contribution in [3.63, 3.8) is 0 Å². The molecule has 0 radical (unpaired) electrons. The number of carbonyl (C=O) groups is 1. The molecule has 1 unspecified atom stereocenters. The third-order valence-corrected chi connectivity index (χ3v) is 5.40. The Labute approximate surface area is 129 Å². The summed E-state index contributed by atoms with van der Waals surface area (Å²) in [5, 5.41) is 0. The number of furan rings is 1. The molecule has 0 saturated carbocycles. The number of nitrogens with zero attached hydrogens (tertiary/aromatic N) is 1. The summed E-state index contributed by atoms with van der Waals surface area (Å²) < 4.78 is 36.5. The van der Waals surface area contributed by atoms with E-state index in [4.69, 9.17) is 10.2 Å². The van der Waals surface area contributed by atoms with Gasteiger partial charge in [0, 0.05) is 19.1 Å². The standard InChI is InChI=1S/C12H18N2O5S.ClH/c1-7-10(12(15)18-3)11(8(2)19-7)20(16,17)14-5-4-9(13)6-14;/h9H,4-6,13H2,1-3H3;1H. The smallest absolute Gasteiger partial charge is 0.342 e. The molecule has 0 bridgehead atoms. The van der Waals surface area contributed by atoms with Crippen molar-refractivity contribution in [2.45, 2.75) is 31.2 Å². The van der Waals surface area contributed by atoms with Gasteiger partial charge in [-0.25, -0.2) is 13.2 Å². The molecular weight excluding hydrogens is 320 g/mol. The number of rotatable bonds is 3. The SMILES string of the molecule is COC(=O)c1c(C)oc(C)c1S(=O)(=O)N1CCC(N)C1.Cl. The first kappa shape index (κ1) is 18.0. The summed E-state index contributed by atoms with van der Waals surface area (Å²) in [5.41, 5.74) is 5.71. The van der Waals surface area contributed by atoms with Crippen LogP contribution in [0.15, 0.2) is 9.31 Å². The molecule has 1 fully saturated rings. The van der Waals surface area contributed by atoms with Crippen molar-refractivity contribution >= 4 is 28.4 Å². The highest BCUT2D eigenvalue weighted by Gasteiger charge is 2.38. The highest BCUT2D eigenvalue weighted by molar-refractivity contribution is 7.89.